The van der Waals surface area contributed by atoms with Crippen LogP contribution in [0.3, 0.4) is 0 Å². The van der Waals surface area contributed by atoms with Crippen LogP contribution in [0.4, 0.5) is 17.5 Å². The Balaban J connectivity index is 1.68. The molecule has 2 N–H and O–H groups in total. The minimum atomic E-state index is 0.451. The van der Waals surface area contributed by atoms with Crippen molar-refractivity contribution in [2.75, 3.05) is 10.6 Å². The molecule has 0 bridgehead atoms. The molecule has 1 aromatic heterocycles. The Morgan fingerprint density at radius 1 is 1.05 bits per heavy atom. The molecule has 1 aliphatic rings. The second kappa shape index (κ2) is 7.40. The third-order valence-electron chi connectivity index (χ3n) is 3.89. The molecular weight excluding hydrogens is 298 g/mol. The molecule has 0 unspecified atom stereocenters. The maximum atomic E-state index is 6.13. The van der Waals surface area contributed by atoms with Gasteiger partial charge in [-0.1, -0.05) is 49.4 Å². The summed E-state index contributed by atoms with van der Waals surface area (Å²) in [5.74, 6) is 1.21. The van der Waals surface area contributed by atoms with Crippen molar-refractivity contribution in [3.63, 3.8) is 0 Å². The number of nitrogens with one attached hydrogen (secondary N) is 2. The van der Waals surface area contributed by atoms with Crippen LogP contribution in [0.2, 0.25) is 5.02 Å². The van der Waals surface area contributed by atoms with Crippen molar-refractivity contribution in [2.24, 2.45) is 0 Å². The van der Waals surface area contributed by atoms with Crippen LogP contribution in [0.5, 0.6) is 0 Å². The highest BCUT2D eigenvalue weighted by molar-refractivity contribution is 6.33. The molecule has 0 aliphatic heterocycles. The molecule has 5 nitrogen and oxygen atoms in total. The van der Waals surface area contributed by atoms with Gasteiger partial charge >= 0.3 is 0 Å². The van der Waals surface area contributed by atoms with Crippen molar-refractivity contribution in [1.29, 1.82) is 0 Å². The van der Waals surface area contributed by atoms with Gasteiger partial charge in [-0.2, -0.15) is 10.1 Å². The van der Waals surface area contributed by atoms with E-state index >= 15 is 0 Å². The van der Waals surface area contributed by atoms with Gasteiger partial charge in [0.1, 0.15) is 0 Å². The van der Waals surface area contributed by atoms with E-state index in [0.717, 1.165) is 11.5 Å². The Hall–Kier alpha value is -1.88. The molecule has 1 aliphatic carbocycles. The fraction of sp³-hybridized carbons (Fsp3) is 0.438. The lowest BCUT2D eigenvalue weighted by Gasteiger charge is -2.16. The average molecular weight is 318 g/mol. The van der Waals surface area contributed by atoms with Gasteiger partial charge in [0, 0.05) is 6.04 Å². The SMILES string of the molecule is Clc1ccccc1Nc1nncc(NC2CCCCCC2)n1. The van der Waals surface area contributed by atoms with Crippen molar-refractivity contribution in [1.82, 2.24) is 15.2 Å². The molecule has 0 atom stereocenters. The Labute approximate surface area is 135 Å². The molecule has 116 valence electrons. The van der Waals surface area contributed by atoms with Gasteiger partial charge in [-0.3, -0.25) is 0 Å². The van der Waals surface area contributed by atoms with E-state index in [4.69, 9.17) is 11.6 Å². The number of halogens is 1. The monoisotopic (exact) mass is 317 g/mol. The van der Waals surface area contributed by atoms with E-state index in [1.54, 1.807) is 6.20 Å². The summed E-state index contributed by atoms with van der Waals surface area (Å²) in [6.07, 6.45) is 9.28. The van der Waals surface area contributed by atoms with Crippen LogP contribution >= 0.6 is 11.6 Å². The summed E-state index contributed by atoms with van der Waals surface area (Å²) in [5, 5.41) is 15.2. The Morgan fingerprint density at radius 2 is 1.82 bits per heavy atom. The van der Waals surface area contributed by atoms with E-state index in [-0.39, 0.29) is 0 Å². The lowest BCUT2D eigenvalue weighted by molar-refractivity contribution is 0.617. The minimum Gasteiger partial charge on any atom is -0.366 e. The number of hydrogen-bond donors (Lipinski definition) is 2. The molecule has 2 aromatic rings. The molecule has 0 saturated heterocycles. The van der Waals surface area contributed by atoms with E-state index in [2.05, 4.69) is 25.8 Å². The number of aromatic nitrogens is 3. The molecule has 22 heavy (non-hydrogen) atoms. The second-order valence-electron chi connectivity index (χ2n) is 5.60. The average Bonchev–Trinajstić information content (AvgIpc) is 2.79. The zero-order valence-electron chi connectivity index (χ0n) is 12.4. The number of para-hydroxylation sites is 1. The van der Waals surface area contributed by atoms with Gasteiger partial charge in [0.05, 0.1) is 16.9 Å². The Bertz CT molecular complexity index is 611. The van der Waals surface area contributed by atoms with Crippen LogP contribution < -0.4 is 10.6 Å². The minimum absolute atomic E-state index is 0.451. The fourth-order valence-corrected chi connectivity index (χ4v) is 2.92. The summed E-state index contributed by atoms with van der Waals surface area (Å²) in [6, 6.07) is 7.99. The van der Waals surface area contributed by atoms with E-state index in [0.29, 0.717) is 17.0 Å². The molecule has 1 saturated carbocycles. The van der Waals surface area contributed by atoms with E-state index in [1.807, 2.05) is 24.3 Å². The number of hydrogen-bond acceptors (Lipinski definition) is 5. The molecule has 0 amide bonds. The van der Waals surface area contributed by atoms with Gasteiger partial charge in [0.25, 0.3) is 0 Å². The predicted molar refractivity (Wildman–Crippen MR) is 89.7 cm³/mol. The van der Waals surface area contributed by atoms with E-state index < -0.39 is 0 Å². The van der Waals surface area contributed by atoms with Gasteiger partial charge in [-0.25, -0.2) is 0 Å². The van der Waals surface area contributed by atoms with Crippen molar-refractivity contribution in [3.05, 3.63) is 35.5 Å². The van der Waals surface area contributed by atoms with E-state index in [9.17, 15) is 0 Å². The third kappa shape index (κ3) is 4.07. The molecule has 6 heteroatoms. The van der Waals surface area contributed by atoms with Gasteiger partial charge in [-0.05, 0) is 25.0 Å². The lowest BCUT2D eigenvalue weighted by Crippen LogP contribution is -2.19. The maximum Gasteiger partial charge on any atom is 0.249 e. The first kappa shape index (κ1) is 15.0. The summed E-state index contributed by atoms with van der Waals surface area (Å²) < 4.78 is 0. The Kier molecular flexibility index (Phi) is 5.06. The fourth-order valence-electron chi connectivity index (χ4n) is 2.74. The van der Waals surface area contributed by atoms with Crippen LogP contribution in [0.1, 0.15) is 38.5 Å². The van der Waals surface area contributed by atoms with Gasteiger partial charge < -0.3 is 10.6 Å². The zero-order valence-corrected chi connectivity index (χ0v) is 13.2. The molecule has 3 rings (SSSR count). The summed E-state index contributed by atoms with van der Waals surface area (Å²) in [4.78, 5) is 4.48. The molecule has 0 radical (unpaired) electrons. The first-order valence-corrected chi connectivity index (χ1v) is 8.17. The van der Waals surface area contributed by atoms with Crippen molar-refractivity contribution in [2.45, 2.75) is 44.6 Å². The highest BCUT2D eigenvalue weighted by Gasteiger charge is 2.13. The highest BCUT2D eigenvalue weighted by Crippen LogP contribution is 2.24. The summed E-state index contributed by atoms with van der Waals surface area (Å²) in [6.45, 7) is 0. The normalized spacial score (nSPS) is 16.0. The van der Waals surface area contributed by atoms with Gasteiger partial charge in [0.2, 0.25) is 5.95 Å². The quantitative estimate of drug-likeness (QED) is 0.818. The van der Waals surface area contributed by atoms with Crippen molar-refractivity contribution >= 4 is 29.1 Å². The number of nitrogens with zero attached hydrogens (tertiary/aromatic N) is 3. The molecule has 1 aromatic carbocycles. The first-order valence-electron chi connectivity index (χ1n) is 7.79. The van der Waals surface area contributed by atoms with Gasteiger partial charge in [0.15, 0.2) is 5.82 Å². The topological polar surface area (TPSA) is 62.7 Å². The van der Waals surface area contributed by atoms with Crippen LogP contribution in [0.25, 0.3) is 0 Å². The third-order valence-corrected chi connectivity index (χ3v) is 4.22. The largest absolute Gasteiger partial charge is 0.366 e. The van der Waals surface area contributed by atoms with Crippen LogP contribution in [0, 0.1) is 0 Å². The van der Waals surface area contributed by atoms with Crippen molar-refractivity contribution < 1.29 is 0 Å². The lowest BCUT2D eigenvalue weighted by atomic mass is 10.1. The van der Waals surface area contributed by atoms with E-state index in [1.165, 1.54) is 38.5 Å². The Morgan fingerprint density at radius 3 is 2.59 bits per heavy atom. The standard InChI is InChI=1S/C16H20ClN5/c17-13-9-5-6-10-14(13)20-16-21-15(11-18-22-16)19-12-7-3-1-2-4-8-12/h5-6,9-12H,1-4,7-8H2,(H2,19,20,21,22). The number of anilines is 3. The molecular formula is C16H20ClN5. The summed E-state index contributed by atoms with van der Waals surface area (Å²) in [7, 11) is 0. The van der Waals surface area contributed by atoms with Crippen LogP contribution in [-0.4, -0.2) is 21.2 Å². The molecule has 1 heterocycles. The number of rotatable bonds is 4. The summed E-state index contributed by atoms with van der Waals surface area (Å²) >= 11 is 6.13. The second-order valence-corrected chi connectivity index (χ2v) is 6.01. The number of benzene rings is 1. The molecule has 1 fully saturated rings. The van der Waals surface area contributed by atoms with Crippen molar-refractivity contribution in [3.8, 4) is 0 Å². The molecule has 0 spiro atoms. The highest BCUT2D eigenvalue weighted by atomic mass is 35.5. The van der Waals surface area contributed by atoms with Crippen LogP contribution in [-0.2, 0) is 0 Å². The van der Waals surface area contributed by atoms with Gasteiger partial charge in [-0.15, -0.1) is 5.10 Å². The van der Waals surface area contributed by atoms with Crippen LogP contribution in [0.15, 0.2) is 30.5 Å². The first-order chi connectivity index (χ1) is 10.8. The smallest absolute Gasteiger partial charge is 0.249 e. The maximum absolute atomic E-state index is 6.13. The summed E-state index contributed by atoms with van der Waals surface area (Å²) in [5.41, 5.74) is 0.776. The zero-order chi connectivity index (χ0) is 15.2. The predicted octanol–water partition coefficient (Wildman–Crippen LogP) is 4.40.